The van der Waals surface area contributed by atoms with Crippen molar-refractivity contribution >= 4 is 29.9 Å². The summed E-state index contributed by atoms with van der Waals surface area (Å²) in [5.41, 5.74) is 9.57. The lowest BCUT2D eigenvalue weighted by atomic mass is 9.94. The maximum Gasteiger partial charge on any atom is 0.224 e. The van der Waals surface area contributed by atoms with E-state index in [1.807, 2.05) is 6.92 Å². The molecular formula is C16H22ClN3O3. The Bertz CT molecular complexity index is 633. The average molecular weight is 340 g/mol. The Morgan fingerprint density at radius 1 is 1.48 bits per heavy atom. The fraction of sp³-hybridized carbons (Fsp3) is 0.500. The van der Waals surface area contributed by atoms with Crippen molar-refractivity contribution in [3.63, 3.8) is 0 Å². The Hall–Kier alpha value is -1.79. The number of halogens is 1. The molecule has 4 N–H and O–H groups in total. The predicted molar refractivity (Wildman–Crippen MR) is 90.2 cm³/mol. The molecular weight excluding hydrogens is 318 g/mol. The molecule has 0 aliphatic carbocycles. The number of carbonyl (C=O) groups excluding carboxylic acids is 2. The van der Waals surface area contributed by atoms with E-state index in [0.717, 1.165) is 34.5 Å². The average Bonchev–Trinajstić information content (AvgIpc) is 2.88. The van der Waals surface area contributed by atoms with Crippen LogP contribution in [0, 0.1) is 6.92 Å². The van der Waals surface area contributed by atoms with Gasteiger partial charge in [0.05, 0.1) is 12.2 Å². The number of anilines is 1. The van der Waals surface area contributed by atoms with Crippen LogP contribution in [0.2, 0.25) is 0 Å². The molecule has 0 aromatic heterocycles. The first-order chi connectivity index (χ1) is 10.6. The zero-order chi connectivity index (χ0) is 15.7. The van der Waals surface area contributed by atoms with Gasteiger partial charge < -0.3 is 21.1 Å². The van der Waals surface area contributed by atoms with Crippen LogP contribution >= 0.6 is 12.4 Å². The highest BCUT2D eigenvalue weighted by Crippen LogP contribution is 2.41. The third-order valence-electron chi connectivity index (χ3n) is 4.15. The van der Waals surface area contributed by atoms with Gasteiger partial charge in [0.1, 0.15) is 11.9 Å². The van der Waals surface area contributed by atoms with Crippen LogP contribution in [-0.4, -0.2) is 31.0 Å². The number of rotatable bonds is 4. The molecule has 0 saturated carbocycles. The molecule has 0 fully saturated rings. The molecule has 0 saturated heterocycles. The number of ether oxygens (including phenoxy) is 1. The van der Waals surface area contributed by atoms with E-state index in [1.54, 1.807) is 0 Å². The van der Waals surface area contributed by atoms with Crippen LogP contribution in [0.15, 0.2) is 6.07 Å². The molecule has 1 aromatic rings. The third-order valence-corrected chi connectivity index (χ3v) is 4.15. The molecule has 1 aromatic carbocycles. The second-order valence-electron chi connectivity index (χ2n) is 5.87. The fourth-order valence-corrected chi connectivity index (χ4v) is 3.11. The molecule has 23 heavy (non-hydrogen) atoms. The van der Waals surface area contributed by atoms with E-state index in [4.69, 9.17) is 10.5 Å². The van der Waals surface area contributed by atoms with Crippen LogP contribution in [0.4, 0.5) is 5.69 Å². The number of benzene rings is 1. The van der Waals surface area contributed by atoms with E-state index >= 15 is 0 Å². The summed E-state index contributed by atoms with van der Waals surface area (Å²) in [6.45, 7) is 2.83. The summed E-state index contributed by atoms with van der Waals surface area (Å²) in [5, 5.41) is 5.79. The summed E-state index contributed by atoms with van der Waals surface area (Å²) in [7, 11) is 0. The summed E-state index contributed by atoms with van der Waals surface area (Å²) < 4.78 is 6.03. The lowest BCUT2D eigenvalue weighted by Crippen LogP contribution is -2.35. The minimum Gasteiger partial charge on any atom is -0.488 e. The number of nitrogens with one attached hydrogen (secondary N) is 2. The Morgan fingerprint density at radius 2 is 2.26 bits per heavy atom. The van der Waals surface area contributed by atoms with Crippen molar-refractivity contribution in [2.24, 2.45) is 5.73 Å². The van der Waals surface area contributed by atoms with Crippen LogP contribution in [0.1, 0.15) is 29.5 Å². The van der Waals surface area contributed by atoms with Crippen molar-refractivity contribution in [1.82, 2.24) is 5.32 Å². The minimum atomic E-state index is -0.0553. The van der Waals surface area contributed by atoms with Crippen LogP contribution in [0.5, 0.6) is 5.75 Å². The molecule has 0 bridgehead atoms. The molecule has 126 valence electrons. The SMILES string of the molecule is Cc1cc2c(c3c1NC(=O)CC3)OC(CNC(=O)CCN)C2.Cl. The lowest BCUT2D eigenvalue weighted by Gasteiger charge is -2.22. The van der Waals surface area contributed by atoms with Crippen molar-refractivity contribution in [2.45, 2.75) is 38.7 Å². The van der Waals surface area contributed by atoms with Gasteiger partial charge in [0.2, 0.25) is 11.8 Å². The number of carbonyl (C=O) groups is 2. The van der Waals surface area contributed by atoms with Gasteiger partial charge >= 0.3 is 0 Å². The second kappa shape index (κ2) is 7.19. The van der Waals surface area contributed by atoms with E-state index in [1.165, 1.54) is 0 Å². The topological polar surface area (TPSA) is 93.5 Å². The molecule has 6 nitrogen and oxygen atoms in total. The zero-order valence-electron chi connectivity index (χ0n) is 13.1. The summed E-state index contributed by atoms with van der Waals surface area (Å²) in [4.78, 5) is 23.1. The van der Waals surface area contributed by atoms with Gasteiger partial charge in [0.25, 0.3) is 0 Å². The summed E-state index contributed by atoms with van der Waals surface area (Å²) in [5.74, 6) is 0.894. The van der Waals surface area contributed by atoms with Crippen LogP contribution in [-0.2, 0) is 22.4 Å². The molecule has 0 spiro atoms. The molecule has 2 aliphatic rings. The van der Waals surface area contributed by atoms with Crippen LogP contribution in [0.3, 0.4) is 0 Å². The third kappa shape index (κ3) is 3.59. The maximum absolute atomic E-state index is 11.6. The van der Waals surface area contributed by atoms with Crippen molar-refractivity contribution in [3.05, 3.63) is 22.8 Å². The van der Waals surface area contributed by atoms with E-state index in [9.17, 15) is 9.59 Å². The summed E-state index contributed by atoms with van der Waals surface area (Å²) >= 11 is 0. The van der Waals surface area contributed by atoms with E-state index < -0.39 is 0 Å². The molecule has 2 aliphatic heterocycles. The molecule has 7 heteroatoms. The number of hydrogen-bond acceptors (Lipinski definition) is 4. The number of hydrogen-bond donors (Lipinski definition) is 3. The smallest absolute Gasteiger partial charge is 0.224 e. The Balaban J connectivity index is 0.00000192. The predicted octanol–water partition coefficient (Wildman–Crippen LogP) is 1.07. The van der Waals surface area contributed by atoms with Gasteiger partial charge in [-0.1, -0.05) is 6.07 Å². The van der Waals surface area contributed by atoms with Gasteiger partial charge in [-0.05, 0) is 24.5 Å². The van der Waals surface area contributed by atoms with Crippen molar-refractivity contribution in [1.29, 1.82) is 0 Å². The van der Waals surface area contributed by atoms with E-state index in [-0.39, 0.29) is 30.3 Å². The van der Waals surface area contributed by atoms with Gasteiger partial charge in [-0.15, -0.1) is 12.4 Å². The first-order valence-electron chi connectivity index (χ1n) is 7.67. The number of amides is 2. The molecule has 1 unspecified atom stereocenters. The summed E-state index contributed by atoms with van der Waals surface area (Å²) in [6.07, 6.45) is 2.25. The number of fused-ring (bicyclic) bond motifs is 3. The molecule has 0 radical (unpaired) electrons. The second-order valence-corrected chi connectivity index (χ2v) is 5.87. The molecule has 2 amide bonds. The highest BCUT2D eigenvalue weighted by atomic mass is 35.5. The summed E-state index contributed by atoms with van der Waals surface area (Å²) in [6, 6.07) is 2.07. The highest BCUT2D eigenvalue weighted by molar-refractivity contribution is 5.95. The maximum atomic E-state index is 11.6. The van der Waals surface area contributed by atoms with Gasteiger partial charge in [-0.25, -0.2) is 0 Å². The van der Waals surface area contributed by atoms with Gasteiger partial charge in [-0.3, -0.25) is 9.59 Å². The van der Waals surface area contributed by atoms with Crippen molar-refractivity contribution in [2.75, 3.05) is 18.4 Å². The van der Waals surface area contributed by atoms with Crippen LogP contribution < -0.4 is 21.1 Å². The van der Waals surface area contributed by atoms with Crippen molar-refractivity contribution < 1.29 is 14.3 Å². The normalized spacial score (nSPS) is 18.2. The van der Waals surface area contributed by atoms with Gasteiger partial charge in [0.15, 0.2) is 0 Å². The highest BCUT2D eigenvalue weighted by Gasteiger charge is 2.30. The standard InChI is InChI=1S/C16H21N3O3.ClH/c1-9-6-10-7-11(8-18-13(20)4-5-17)22-16(10)12-2-3-14(21)19-15(9)12;/h6,11H,2-5,7-8,17H2,1H3,(H,18,20)(H,19,21);1H. The molecule has 2 heterocycles. The monoisotopic (exact) mass is 339 g/mol. The Morgan fingerprint density at radius 3 is 3.00 bits per heavy atom. The largest absolute Gasteiger partial charge is 0.488 e. The molecule has 1 atom stereocenters. The minimum absolute atomic E-state index is 0. The van der Waals surface area contributed by atoms with Gasteiger partial charge in [0, 0.05) is 31.4 Å². The first kappa shape index (κ1) is 17.6. The van der Waals surface area contributed by atoms with Crippen molar-refractivity contribution in [3.8, 4) is 5.75 Å². The molecule has 3 rings (SSSR count). The quantitative estimate of drug-likeness (QED) is 0.765. The zero-order valence-corrected chi connectivity index (χ0v) is 13.9. The Kier molecular flexibility index (Phi) is 5.49. The number of aryl methyl sites for hydroxylation is 1. The van der Waals surface area contributed by atoms with Crippen LogP contribution in [0.25, 0.3) is 0 Å². The van der Waals surface area contributed by atoms with Gasteiger partial charge in [-0.2, -0.15) is 0 Å². The van der Waals surface area contributed by atoms with E-state index in [2.05, 4.69) is 16.7 Å². The van der Waals surface area contributed by atoms with E-state index in [0.29, 0.717) is 32.4 Å². The Labute approximate surface area is 141 Å². The first-order valence-corrected chi connectivity index (χ1v) is 7.67. The lowest BCUT2D eigenvalue weighted by molar-refractivity contribution is -0.121. The number of nitrogens with two attached hydrogens (primary N) is 1. The fourth-order valence-electron chi connectivity index (χ4n) is 3.11.